The van der Waals surface area contributed by atoms with Gasteiger partial charge in [-0.3, -0.25) is 4.79 Å². The molecule has 0 fully saturated rings. The normalized spacial score (nSPS) is 12.1. The minimum Gasteiger partial charge on any atom is -0.496 e. The fourth-order valence-electron chi connectivity index (χ4n) is 2.78. The molecule has 1 N–H and O–H groups in total. The summed E-state index contributed by atoms with van der Waals surface area (Å²) in [6.45, 7) is 0. The van der Waals surface area contributed by atoms with Gasteiger partial charge in [0.05, 0.1) is 7.11 Å². The second kappa shape index (κ2) is 8.31. The Hall–Kier alpha value is -3.41. The number of nitrogens with one attached hydrogen (secondary N) is 1. The lowest BCUT2D eigenvalue weighted by Crippen LogP contribution is -2.30. The lowest BCUT2D eigenvalue weighted by atomic mass is 10.0. The molecule has 0 aliphatic carbocycles. The number of para-hydroxylation sites is 1. The Morgan fingerprint density at radius 3 is 2.63 bits per heavy atom. The second-order valence-corrected chi connectivity index (χ2v) is 5.96. The van der Waals surface area contributed by atoms with E-state index >= 15 is 0 Å². The maximum atomic E-state index is 13.0. The van der Waals surface area contributed by atoms with E-state index in [1.165, 1.54) is 18.2 Å². The Morgan fingerprint density at radius 1 is 1.22 bits per heavy atom. The van der Waals surface area contributed by atoms with Crippen LogP contribution >= 0.6 is 0 Å². The van der Waals surface area contributed by atoms with Crippen molar-refractivity contribution < 1.29 is 13.9 Å². The van der Waals surface area contributed by atoms with E-state index in [4.69, 9.17) is 4.74 Å². The van der Waals surface area contributed by atoms with Crippen LogP contribution in [0.3, 0.4) is 0 Å². The summed E-state index contributed by atoms with van der Waals surface area (Å²) in [5.41, 5.74) is 1.54. The number of aromatic nitrogens is 2. The van der Waals surface area contributed by atoms with E-state index in [0.717, 1.165) is 11.1 Å². The van der Waals surface area contributed by atoms with Crippen LogP contribution in [-0.4, -0.2) is 22.6 Å². The van der Waals surface area contributed by atoms with Crippen molar-refractivity contribution in [3.8, 4) is 5.75 Å². The van der Waals surface area contributed by atoms with Crippen LogP contribution in [-0.2, 0) is 11.8 Å². The molecule has 1 atom stereocenters. The van der Waals surface area contributed by atoms with Crippen LogP contribution in [0.1, 0.15) is 23.0 Å². The Bertz CT molecular complexity index is 948. The standard InChI is InChI=1S/C21H20FN3O2/c1-25-14-13-23-21(25)20(17-5-3-4-6-18(17)27-2)24-19(26)12-9-15-7-10-16(22)11-8-15/h3-14,20H,1-2H3,(H,24,26)/b12-9+. The van der Waals surface area contributed by atoms with Gasteiger partial charge in [-0.15, -0.1) is 0 Å². The van der Waals surface area contributed by atoms with Gasteiger partial charge in [-0.25, -0.2) is 9.37 Å². The molecule has 1 aromatic heterocycles. The lowest BCUT2D eigenvalue weighted by molar-refractivity contribution is -0.117. The summed E-state index contributed by atoms with van der Waals surface area (Å²) in [5.74, 6) is 0.734. The zero-order chi connectivity index (χ0) is 19.2. The van der Waals surface area contributed by atoms with Gasteiger partial charge in [-0.05, 0) is 29.8 Å². The molecule has 0 bridgehead atoms. The molecule has 27 heavy (non-hydrogen) atoms. The van der Waals surface area contributed by atoms with E-state index in [9.17, 15) is 9.18 Å². The molecule has 5 nitrogen and oxygen atoms in total. The highest BCUT2D eigenvalue weighted by molar-refractivity contribution is 5.92. The highest BCUT2D eigenvalue weighted by atomic mass is 19.1. The molecule has 2 aromatic carbocycles. The van der Waals surface area contributed by atoms with Crippen LogP contribution in [0.25, 0.3) is 6.08 Å². The number of amides is 1. The third-order valence-corrected chi connectivity index (χ3v) is 4.15. The summed E-state index contributed by atoms with van der Waals surface area (Å²) in [5, 5.41) is 2.97. The van der Waals surface area contributed by atoms with Crippen molar-refractivity contribution in [2.75, 3.05) is 7.11 Å². The predicted molar refractivity (Wildman–Crippen MR) is 102 cm³/mol. The van der Waals surface area contributed by atoms with E-state index in [-0.39, 0.29) is 11.7 Å². The molecule has 1 heterocycles. The fourth-order valence-corrected chi connectivity index (χ4v) is 2.78. The number of carbonyl (C=O) groups excluding carboxylic acids is 1. The van der Waals surface area contributed by atoms with Gasteiger partial charge >= 0.3 is 0 Å². The first-order chi connectivity index (χ1) is 13.1. The topological polar surface area (TPSA) is 56.1 Å². The number of methoxy groups -OCH3 is 1. The monoisotopic (exact) mass is 365 g/mol. The number of halogens is 1. The van der Waals surface area contributed by atoms with Crippen molar-refractivity contribution in [2.45, 2.75) is 6.04 Å². The maximum Gasteiger partial charge on any atom is 0.244 e. The van der Waals surface area contributed by atoms with Crippen molar-refractivity contribution in [1.29, 1.82) is 0 Å². The van der Waals surface area contributed by atoms with Gasteiger partial charge in [0, 0.05) is 31.1 Å². The predicted octanol–water partition coefficient (Wildman–Crippen LogP) is 3.49. The zero-order valence-corrected chi connectivity index (χ0v) is 15.1. The number of carbonyl (C=O) groups is 1. The van der Waals surface area contributed by atoms with Crippen LogP contribution in [0.4, 0.5) is 4.39 Å². The minimum atomic E-state index is -0.480. The van der Waals surface area contributed by atoms with Crippen LogP contribution in [0.5, 0.6) is 5.75 Å². The van der Waals surface area contributed by atoms with Crippen molar-refractivity contribution in [3.63, 3.8) is 0 Å². The average molecular weight is 365 g/mol. The zero-order valence-electron chi connectivity index (χ0n) is 15.1. The van der Waals surface area contributed by atoms with Crippen LogP contribution in [0.15, 0.2) is 67.0 Å². The quantitative estimate of drug-likeness (QED) is 0.681. The molecule has 0 saturated carbocycles. The van der Waals surface area contributed by atoms with Crippen LogP contribution < -0.4 is 10.1 Å². The maximum absolute atomic E-state index is 13.0. The summed E-state index contributed by atoms with van der Waals surface area (Å²) >= 11 is 0. The first kappa shape index (κ1) is 18.4. The summed E-state index contributed by atoms with van der Waals surface area (Å²) in [4.78, 5) is 16.9. The number of rotatable bonds is 6. The van der Waals surface area contributed by atoms with Crippen molar-refractivity contribution in [2.24, 2.45) is 7.05 Å². The SMILES string of the molecule is COc1ccccc1C(NC(=O)/C=C/c1ccc(F)cc1)c1nccn1C. The van der Waals surface area contributed by atoms with Gasteiger partial charge in [-0.1, -0.05) is 30.3 Å². The van der Waals surface area contributed by atoms with E-state index < -0.39 is 6.04 Å². The fraction of sp³-hybridized carbons (Fsp3) is 0.143. The van der Waals surface area contributed by atoms with Crippen molar-refractivity contribution in [1.82, 2.24) is 14.9 Å². The summed E-state index contributed by atoms with van der Waals surface area (Å²) in [6, 6.07) is 12.9. The van der Waals surface area contributed by atoms with E-state index in [1.807, 2.05) is 42.1 Å². The molecular weight excluding hydrogens is 345 g/mol. The first-order valence-electron chi connectivity index (χ1n) is 8.43. The lowest BCUT2D eigenvalue weighted by Gasteiger charge is -2.20. The van der Waals surface area contributed by atoms with Gasteiger partial charge in [0.2, 0.25) is 5.91 Å². The number of hydrogen-bond donors (Lipinski definition) is 1. The number of ether oxygens (including phenoxy) is 1. The van der Waals surface area contributed by atoms with Gasteiger partial charge in [0.15, 0.2) is 0 Å². The van der Waals surface area contributed by atoms with Crippen LogP contribution in [0.2, 0.25) is 0 Å². The molecule has 138 valence electrons. The Kier molecular flexibility index (Phi) is 5.66. The van der Waals surface area contributed by atoms with Gasteiger partial charge in [0.25, 0.3) is 0 Å². The number of nitrogens with zero attached hydrogens (tertiary/aromatic N) is 2. The van der Waals surface area contributed by atoms with Gasteiger partial charge < -0.3 is 14.6 Å². The molecule has 0 aliphatic rings. The Labute approximate surface area is 157 Å². The number of hydrogen-bond acceptors (Lipinski definition) is 3. The Balaban J connectivity index is 1.86. The summed E-state index contributed by atoms with van der Waals surface area (Å²) < 4.78 is 20.3. The third kappa shape index (κ3) is 4.41. The van der Waals surface area contributed by atoms with Crippen LogP contribution in [0, 0.1) is 5.82 Å². The molecule has 0 radical (unpaired) electrons. The molecule has 3 aromatic rings. The number of aryl methyl sites for hydroxylation is 1. The first-order valence-corrected chi connectivity index (χ1v) is 8.43. The van der Waals surface area contributed by atoms with E-state index in [2.05, 4.69) is 10.3 Å². The molecule has 3 rings (SSSR count). The molecule has 6 heteroatoms. The van der Waals surface area contributed by atoms with E-state index in [0.29, 0.717) is 11.6 Å². The average Bonchev–Trinajstić information content (AvgIpc) is 3.11. The number of imidazole rings is 1. The van der Waals surface area contributed by atoms with Gasteiger partial charge in [0.1, 0.15) is 23.4 Å². The minimum absolute atomic E-state index is 0.293. The van der Waals surface area contributed by atoms with Crippen molar-refractivity contribution >= 4 is 12.0 Å². The summed E-state index contributed by atoms with van der Waals surface area (Å²) in [6.07, 6.45) is 6.54. The van der Waals surface area contributed by atoms with Crippen molar-refractivity contribution in [3.05, 3.63) is 89.8 Å². The Morgan fingerprint density at radius 2 is 1.96 bits per heavy atom. The molecule has 1 amide bonds. The third-order valence-electron chi connectivity index (χ3n) is 4.15. The van der Waals surface area contributed by atoms with E-state index in [1.54, 1.807) is 31.5 Å². The molecule has 0 saturated heterocycles. The van der Waals surface area contributed by atoms with Gasteiger partial charge in [-0.2, -0.15) is 0 Å². The molecule has 0 aliphatic heterocycles. The molecular formula is C21H20FN3O2. The molecule has 1 unspecified atom stereocenters. The molecule has 0 spiro atoms. The summed E-state index contributed by atoms with van der Waals surface area (Å²) in [7, 11) is 3.45. The largest absolute Gasteiger partial charge is 0.496 e. The second-order valence-electron chi connectivity index (χ2n) is 5.96. The highest BCUT2D eigenvalue weighted by Gasteiger charge is 2.23. The smallest absolute Gasteiger partial charge is 0.244 e. The number of benzene rings is 2. The highest BCUT2D eigenvalue weighted by Crippen LogP contribution is 2.29.